The lowest BCUT2D eigenvalue weighted by atomic mass is 10.5. The van der Waals surface area contributed by atoms with E-state index in [1.54, 1.807) is 24.8 Å². The topological polar surface area (TPSA) is 47.4 Å². The first-order chi connectivity index (χ1) is 5.79. The van der Waals surface area contributed by atoms with Gasteiger partial charge in [-0.25, -0.2) is 0 Å². The lowest BCUT2D eigenvalue weighted by molar-refractivity contribution is 0.354. The van der Waals surface area contributed by atoms with Crippen molar-refractivity contribution in [3.63, 3.8) is 0 Å². The fourth-order valence-corrected chi connectivity index (χ4v) is 0.827. The lowest BCUT2D eigenvalue weighted by Crippen LogP contribution is -2.02. The van der Waals surface area contributed by atoms with E-state index in [0.29, 0.717) is 5.69 Å². The van der Waals surface area contributed by atoms with E-state index >= 15 is 0 Å². The van der Waals surface area contributed by atoms with Gasteiger partial charge in [0.05, 0.1) is 12.4 Å². The second-order valence-electron chi connectivity index (χ2n) is 2.36. The molecule has 4 nitrogen and oxygen atoms in total. The van der Waals surface area contributed by atoms with E-state index in [2.05, 4.69) is 15.1 Å². The molecule has 0 aliphatic carbocycles. The minimum atomic E-state index is -0.750. The van der Waals surface area contributed by atoms with Crippen molar-refractivity contribution in [1.82, 2.24) is 9.97 Å². The van der Waals surface area contributed by atoms with Gasteiger partial charge >= 0.3 is 9.04 Å². The summed E-state index contributed by atoms with van der Waals surface area (Å²) in [5.41, 5.74) is 0.709. The van der Waals surface area contributed by atoms with Gasteiger partial charge in [0.1, 0.15) is 5.69 Å². The summed E-state index contributed by atoms with van der Waals surface area (Å²) in [6, 6.07) is 0. The van der Waals surface area contributed by atoms with Crippen LogP contribution in [-0.2, 0) is 4.53 Å². The molecule has 12 heavy (non-hydrogen) atoms. The van der Waals surface area contributed by atoms with E-state index in [0.717, 1.165) is 0 Å². The van der Waals surface area contributed by atoms with Gasteiger partial charge < -0.3 is 4.53 Å². The minimum Gasteiger partial charge on any atom is -0.455 e. The molecule has 0 atom stereocenters. The van der Waals surface area contributed by atoms with E-state index in [1.807, 2.05) is 13.1 Å². The van der Waals surface area contributed by atoms with Crippen LogP contribution in [0.2, 0.25) is 13.1 Å². The van der Waals surface area contributed by atoms with Crippen molar-refractivity contribution in [1.29, 1.82) is 0 Å². The third kappa shape index (κ3) is 3.24. The molecule has 0 aliphatic rings. The second-order valence-corrected chi connectivity index (χ2v) is 4.36. The van der Waals surface area contributed by atoms with Gasteiger partial charge in [0.25, 0.3) is 0 Å². The van der Waals surface area contributed by atoms with Crippen LogP contribution in [-0.4, -0.2) is 25.2 Å². The van der Waals surface area contributed by atoms with Gasteiger partial charge in [0.15, 0.2) is 0 Å². The molecule has 1 heterocycles. The number of hydrogen-bond donors (Lipinski definition) is 0. The van der Waals surface area contributed by atoms with Crippen LogP contribution < -0.4 is 0 Å². The molecule has 63 valence electrons. The fourth-order valence-electron chi connectivity index (χ4n) is 0.563. The molecule has 0 aliphatic heterocycles. The number of hydrogen-bond acceptors (Lipinski definition) is 4. The van der Waals surface area contributed by atoms with Crippen molar-refractivity contribution in [2.45, 2.75) is 13.1 Å². The largest absolute Gasteiger partial charge is 0.455 e. The minimum absolute atomic E-state index is 0.709. The first-order valence-corrected chi connectivity index (χ1v) is 5.96. The molecular weight excluding hydrogens is 170 g/mol. The number of rotatable bonds is 3. The highest BCUT2D eigenvalue weighted by atomic mass is 28.3. The van der Waals surface area contributed by atoms with Gasteiger partial charge in [-0.3, -0.25) is 9.97 Å². The normalized spacial score (nSPS) is 10.9. The molecule has 0 fully saturated rings. The van der Waals surface area contributed by atoms with Gasteiger partial charge in [-0.1, -0.05) is 0 Å². The monoisotopic (exact) mass is 180 g/mol. The molecule has 1 rings (SSSR count). The number of aromatic nitrogens is 2. The third-order valence-electron chi connectivity index (χ3n) is 1.00. The molecule has 0 amide bonds. The highest BCUT2D eigenvalue weighted by Gasteiger charge is 1.94. The Hall–Kier alpha value is -1.23. The van der Waals surface area contributed by atoms with Crippen LogP contribution in [0.15, 0.2) is 23.7 Å². The molecule has 0 N–H and O–H groups in total. The van der Waals surface area contributed by atoms with Crippen LogP contribution in [0.4, 0.5) is 0 Å². The van der Waals surface area contributed by atoms with E-state index in [-0.39, 0.29) is 0 Å². The zero-order valence-electron chi connectivity index (χ0n) is 7.06. The maximum Gasteiger partial charge on any atom is 0.313 e. The standard InChI is InChI=1S/C7H10N3OSi/c1-12(2)11-10-6-7-5-8-3-4-9-7/h3-6H,1-2H3. The SMILES string of the molecule is C[Si](C)ON=Cc1cnccn1. The zero-order valence-corrected chi connectivity index (χ0v) is 8.06. The van der Waals surface area contributed by atoms with Gasteiger partial charge in [-0.15, -0.1) is 5.16 Å². The smallest absolute Gasteiger partial charge is 0.313 e. The van der Waals surface area contributed by atoms with Crippen LogP contribution >= 0.6 is 0 Å². The maximum absolute atomic E-state index is 5.05. The van der Waals surface area contributed by atoms with Crippen molar-refractivity contribution in [3.05, 3.63) is 24.3 Å². The Balaban J connectivity index is 2.47. The highest BCUT2D eigenvalue weighted by molar-refractivity contribution is 6.48. The molecule has 0 bridgehead atoms. The molecule has 1 aromatic rings. The molecule has 0 saturated carbocycles. The zero-order chi connectivity index (χ0) is 8.81. The first kappa shape index (κ1) is 8.86. The Morgan fingerprint density at radius 3 is 2.92 bits per heavy atom. The van der Waals surface area contributed by atoms with E-state index in [1.165, 1.54) is 0 Å². The lowest BCUT2D eigenvalue weighted by Gasteiger charge is -1.97. The quantitative estimate of drug-likeness (QED) is 0.397. The van der Waals surface area contributed by atoms with Crippen LogP contribution in [0.25, 0.3) is 0 Å². The highest BCUT2D eigenvalue weighted by Crippen LogP contribution is 1.87. The summed E-state index contributed by atoms with van der Waals surface area (Å²) in [6.07, 6.45) is 6.42. The molecule has 5 heteroatoms. The summed E-state index contributed by atoms with van der Waals surface area (Å²) in [4.78, 5) is 7.88. The summed E-state index contributed by atoms with van der Waals surface area (Å²) >= 11 is 0. The predicted molar refractivity (Wildman–Crippen MR) is 48.2 cm³/mol. The van der Waals surface area contributed by atoms with E-state index in [9.17, 15) is 0 Å². The molecular formula is C7H10N3OSi. The Morgan fingerprint density at radius 1 is 1.50 bits per heavy atom. The molecule has 0 saturated heterocycles. The van der Waals surface area contributed by atoms with Crippen molar-refractivity contribution in [3.8, 4) is 0 Å². The van der Waals surface area contributed by atoms with Crippen LogP contribution in [0.3, 0.4) is 0 Å². The van der Waals surface area contributed by atoms with Gasteiger partial charge in [-0.05, 0) is 13.1 Å². The first-order valence-electron chi connectivity index (χ1n) is 3.55. The van der Waals surface area contributed by atoms with Crippen LogP contribution in [0, 0.1) is 0 Å². The maximum atomic E-state index is 5.05. The summed E-state index contributed by atoms with van der Waals surface area (Å²) in [6.45, 7) is 4.03. The molecule has 0 unspecified atom stereocenters. The summed E-state index contributed by atoms with van der Waals surface area (Å²) in [5.74, 6) is 0. The van der Waals surface area contributed by atoms with Crippen molar-refractivity contribution >= 4 is 15.3 Å². The number of oxime groups is 1. The Labute approximate surface area is 73.0 Å². The van der Waals surface area contributed by atoms with Crippen LogP contribution in [0.5, 0.6) is 0 Å². The summed E-state index contributed by atoms with van der Waals surface area (Å²) < 4.78 is 5.05. The average molecular weight is 180 g/mol. The van der Waals surface area contributed by atoms with E-state index in [4.69, 9.17) is 4.53 Å². The third-order valence-corrected chi connectivity index (χ3v) is 1.47. The predicted octanol–water partition coefficient (Wildman–Crippen LogP) is 1.08. The van der Waals surface area contributed by atoms with E-state index < -0.39 is 9.04 Å². The summed E-state index contributed by atoms with van der Waals surface area (Å²) in [5, 5.41) is 3.76. The molecule has 0 spiro atoms. The van der Waals surface area contributed by atoms with Gasteiger partial charge in [0.2, 0.25) is 0 Å². The average Bonchev–Trinajstić information content (AvgIpc) is 2.05. The van der Waals surface area contributed by atoms with Gasteiger partial charge in [-0.2, -0.15) is 0 Å². The van der Waals surface area contributed by atoms with Crippen LogP contribution in [0.1, 0.15) is 5.69 Å². The summed E-state index contributed by atoms with van der Waals surface area (Å²) in [7, 11) is -0.750. The molecule has 1 radical (unpaired) electrons. The fraction of sp³-hybridized carbons (Fsp3) is 0.286. The van der Waals surface area contributed by atoms with Crippen molar-refractivity contribution in [2.24, 2.45) is 5.16 Å². The Bertz CT molecular complexity index is 250. The van der Waals surface area contributed by atoms with Gasteiger partial charge in [0, 0.05) is 12.4 Å². The number of nitrogens with zero attached hydrogens (tertiary/aromatic N) is 3. The van der Waals surface area contributed by atoms with Crippen molar-refractivity contribution in [2.75, 3.05) is 0 Å². The molecule has 0 aromatic carbocycles. The molecule has 1 aromatic heterocycles. The Kier molecular flexibility index (Phi) is 3.40. The Morgan fingerprint density at radius 2 is 2.33 bits per heavy atom. The second kappa shape index (κ2) is 4.61. The van der Waals surface area contributed by atoms with Crippen molar-refractivity contribution < 1.29 is 4.53 Å².